The molecule has 156 valence electrons. The van der Waals surface area contributed by atoms with Gasteiger partial charge in [-0.05, 0) is 12.1 Å². The topological polar surface area (TPSA) is 119 Å². The molecule has 0 aliphatic carbocycles. The van der Waals surface area contributed by atoms with Crippen LogP contribution < -0.4 is 5.32 Å². The van der Waals surface area contributed by atoms with Gasteiger partial charge in [0, 0.05) is 11.8 Å². The summed E-state index contributed by atoms with van der Waals surface area (Å²) in [4.78, 5) is 23.5. The molecule has 1 amide bonds. The SMILES string of the molecule is C=CC(=O)OC(OCC(F)(F)S(=O)(=O)O)(C(=O)Nc1ccccc1)C(F)(F)F. The van der Waals surface area contributed by atoms with Gasteiger partial charge in [0.05, 0.1) is 0 Å². The van der Waals surface area contributed by atoms with E-state index in [2.05, 4.69) is 16.1 Å². The maximum Gasteiger partial charge on any atom is 0.466 e. The smallest absolute Gasteiger partial charge is 0.412 e. The summed E-state index contributed by atoms with van der Waals surface area (Å²) in [5.74, 6) is -8.84. The molecule has 0 saturated heterocycles. The van der Waals surface area contributed by atoms with E-state index in [0.717, 1.165) is 12.1 Å². The quantitative estimate of drug-likeness (QED) is 0.212. The summed E-state index contributed by atoms with van der Waals surface area (Å²) in [7, 11) is -6.21. The van der Waals surface area contributed by atoms with Crippen molar-refractivity contribution in [2.75, 3.05) is 11.9 Å². The van der Waals surface area contributed by atoms with Crippen molar-refractivity contribution in [3.8, 4) is 0 Å². The first-order valence-electron chi connectivity index (χ1n) is 6.94. The van der Waals surface area contributed by atoms with Crippen molar-refractivity contribution in [1.29, 1.82) is 0 Å². The lowest BCUT2D eigenvalue weighted by atomic mass is 10.2. The van der Waals surface area contributed by atoms with E-state index in [-0.39, 0.29) is 11.8 Å². The maximum absolute atomic E-state index is 13.5. The fourth-order valence-corrected chi connectivity index (χ4v) is 1.80. The van der Waals surface area contributed by atoms with Gasteiger partial charge >= 0.3 is 39.2 Å². The first-order chi connectivity index (χ1) is 12.7. The molecule has 0 heterocycles. The molecular weight excluding hydrogens is 421 g/mol. The van der Waals surface area contributed by atoms with Crippen LogP contribution in [0.3, 0.4) is 0 Å². The van der Waals surface area contributed by atoms with E-state index in [1.807, 2.05) is 0 Å². The fourth-order valence-electron chi connectivity index (χ4n) is 1.59. The zero-order chi connectivity index (χ0) is 21.8. The molecule has 0 saturated carbocycles. The van der Waals surface area contributed by atoms with Crippen LogP contribution in [0.25, 0.3) is 0 Å². The second-order valence-corrected chi connectivity index (χ2v) is 6.51. The number of rotatable bonds is 8. The van der Waals surface area contributed by atoms with E-state index in [0.29, 0.717) is 0 Å². The average Bonchev–Trinajstić information content (AvgIpc) is 2.57. The van der Waals surface area contributed by atoms with Crippen molar-refractivity contribution in [2.45, 2.75) is 17.2 Å². The van der Waals surface area contributed by atoms with Crippen molar-refractivity contribution in [2.24, 2.45) is 0 Å². The van der Waals surface area contributed by atoms with Gasteiger partial charge in [-0.25, -0.2) is 4.79 Å². The van der Waals surface area contributed by atoms with Crippen LogP contribution in [0.2, 0.25) is 0 Å². The summed E-state index contributed by atoms with van der Waals surface area (Å²) in [6, 6.07) is 6.26. The summed E-state index contributed by atoms with van der Waals surface area (Å²) in [5.41, 5.74) is -0.263. The molecule has 1 unspecified atom stereocenters. The highest BCUT2D eigenvalue weighted by atomic mass is 32.2. The second kappa shape index (κ2) is 8.20. The van der Waals surface area contributed by atoms with Crippen molar-refractivity contribution in [3.05, 3.63) is 43.0 Å². The third-order valence-corrected chi connectivity index (χ3v) is 3.81. The van der Waals surface area contributed by atoms with Gasteiger partial charge in [-0.2, -0.15) is 30.4 Å². The second-order valence-electron chi connectivity index (χ2n) is 4.96. The van der Waals surface area contributed by atoms with Crippen LogP contribution >= 0.6 is 0 Å². The van der Waals surface area contributed by atoms with Gasteiger partial charge in [0.1, 0.15) is 6.61 Å². The number of esters is 1. The predicted molar refractivity (Wildman–Crippen MR) is 82.6 cm³/mol. The van der Waals surface area contributed by atoms with Gasteiger partial charge < -0.3 is 14.8 Å². The molecule has 2 N–H and O–H groups in total. The number of anilines is 1. The van der Waals surface area contributed by atoms with Crippen LogP contribution in [-0.2, 0) is 29.2 Å². The standard InChI is InChI=1S/C14H12F5NO7S/c1-2-10(21)27-13(14(17,18)19,26-8-12(15,16)28(23,24)25)11(22)20-9-6-4-3-5-7-9/h2-7H,1,8H2,(H,20,22)(H,23,24,25). The van der Waals surface area contributed by atoms with E-state index in [4.69, 9.17) is 4.55 Å². The lowest BCUT2D eigenvalue weighted by molar-refractivity contribution is -0.350. The Balaban J connectivity index is 3.39. The summed E-state index contributed by atoms with van der Waals surface area (Å²) in [6.45, 7) is 0.136. The summed E-state index contributed by atoms with van der Waals surface area (Å²) >= 11 is 0. The summed E-state index contributed by atoms with van der Waals surface area (Å²) in [6.07, 6.45) is -5.76. The number of carbonyl (C=O) groups excluding carboxylic acids is 2. The third kappa shape index (κ3) is 5.24. The number of amides is 1. The van der Waals surface area contributed by atoms with Gasteiger partial charge in [-0.3, -0.25) is 9.35 Å². The van der Waals surface area contributed by atoms with Gasteiger partial charge in [0.15, 0.2) is 0 Å². The number of benzene rings is 1. The van der Waals surface area contributed by atoms with Crippen molar-refractivity contribution >= 4 is 27.7 Å². The summed E-state index contributed by atoms with van der Waals surface area (Å²) < 4.78 is 104. The number of carbonyl (C=O) groups is 2. The van der Waals surface area contributed by atoms with Crippen LogP contribution in [0.1, 0.15) is 0 Å². The molecule has 1 atom stereocenters. The molecule has 0 spiro atoms. The largest absolute Gasteiger partial charge is 0.466 e. The van der Waals surface area contributed by atoms with Crippen LogP contribution in [0, 0.1) is 0 Å². The molecule has 1 rings (SSSR count). The average molecular weight is 433 g/mol. The number of hydrogen-bond donors (Lipinski definition) is 2. The number of nitrogens with one attached hydrogen (secondary N) is 1. The van der Waals surface area contributed by atoms with E-state index < -0.39 is 45.8 Å². The van der Waals surface area contributed by atoms with Crippen molar-refractivity contribution < 1.29 is 54.0 Å². The highest BCUT2D eigenvalue weighted by Gasteiger charge is 2.67. The highest BCUT2D eigenvalue weighted by Crippen LogP contribution is 2.38. The summed E-state index contributed by atoms with van der Waals surface area (Å²) in [5, 5.41) is -3.61. The molecule has 1 aromatic rings. The number of ether oxygens (including phenoxy) is 2. The molecule has 0 radical (unpaired) electrons. The van der Waals surface area contributed by atoms with Crippen LogP contribution in [0.15, 0.2) is 43.0 Å². The van der Waals surface area contributed by atoms with Crippen LogP contribution in [-0.4, -0.2) is 48.7 Å². The molecule has 28 heavy (non-hydrogen) atoms. The minimum atomic E-state index is -6.21. The first-order valence-corrected chi connectivity index (χ1v) is 8.38. The minimum Gasteiger partial charge on any atom is -0.412 e. The van der Waals surface area contributed by atoms with E-state index in [1.54, 1.807) is 5.32 Å². The molecule has 0 bridgehead atoms. The zero-order valence-electron chi connectivity index (χ0n) is 13.6. The molecule has 1 aromatic carbocycles. The van der Waals surface area contributed by atoms with Crippen molar-refractivity contribution in [3.63, 3.8) is 0 Å². The number of alkyl halides is 5. The van der Waals surface area contributed by atoms with Crippen molar-refractivity contribution in [1.82, 2.24) is 0 Å². The fraction of sp³-hybridized carbons (Fsp3) is 0.286. The molecular formula is C14H12F5NO7S. The Kier molecular flexibility index (Phi) is 6.87. The first kappa shape index (κ1) is 23.5. The van der Waals surface area contributed by atoms with E-state index in [9.17, 15) is 40.0 Å². The molecule has 0 aromatic heterocycles. The monoisotopic (exact) mass is 433 g/mol. The van der Waals surface area contributed by atoms with Crippen LogP contribution in [0.4, 0.5) is 27.6 Å². The molecule has 8 nitrogen and oxygen atoms in total. The maximum atomic E-state index is 13.5. The zero-order valence-corrected chi connectivity index (χ0v) is 14.4. The third-order valence-electron chi connectivity index (χ3n) is 2.94. The number of halogens is 5. The van der Waals surface area contributed by atoms with Crippen LogP contribution in [0.5, 0.6) is 0 Å². The molecule has 0 fully saturated rings. The Morgan fingerprint density at radius 1 is 1.14 bits per heavy atom. The normalized spacial score (nSPS) is 14.6. The Hall–Kier alpha value is -2.58. The molecule has 14 heteroatoms. The lowest BCUT2D eigenvalue weighted by Crippen LogP contribution is -2.60. The Labute approximate surface area is 154 Å². The Morgan fingerprint density at radius 3 is 2.11 bits per heavy atom. The lowest BCUT2D eigenvalue weighted by Gasteiger charge is -2.33. The van der Waals surface area contributed by atoms with E-state index >= 15 is 0 Å². The van der Waals surface area contributed by atoms with E-state index in [1.165, 1.54) is 18.2 Å². The Bertz CT molecular complexity index is 841. The van der Waals surface area contributed by atoms with Gasteiger partial charge in [0.25, 0.3) is 0 Å². The number of hydrogen-bond acceptors (Lipinski definition) is 6. The van der Waals surface area contributed by atoms with Gasteiger partial charge in [0.2, 0.25) is 0 Å². The Morgan fingerprint density at radius 2 is 1.68 bits per heavy atom. The molecule has 0 aliphatic heterocycles. The van der Waals surface area contributed by atoms with Gasteiger partial charge in [-0.15, -0.1) is 0 Å². The van der Waals surface area contributed by atoms with Gasteiger partial charge in [-0.1, -0.05) is 24.8 Å². The highest BCUT2D eigenvalue weighted by molar-refractivity contribution is 7.86. The molecule has 0 aliphatic rings. The number of para-hydroxylation sites is 1. The minimum absolute atomic E-state index is 0.181. The predicted octanol–water partition coefficient (Wildman–Crippen LogP) is 2.11.